The van der Waals surface area contributed by atoms with Crippen molar-refractivity contribution in [2.24, 2.45) is 0 Å². The number of ether oxygens (including phenoxy) is 1. The topological polar surface area (TPSA) is 63.6 Å². The lowest BCUT2D eigenvalue weighted by atomic mass is 9.95. The first kappa shape index (κ1) is 12.2. The molecular formula is C12H14O4. The van der Waals surface area contributed by atoms with E-state index in [1.54, 1.807) is 6.92 Å². The molecule has 0 amide bonds. The average molecular weight is 222 g/mol. The molecule has 1 N–H and O–H groups in total. The van der Waals surface area contributed by atoms with E-state index in [0.29, 0.717) is 0 Å². The van der Waals surface area contributed by atoms with Gasteiger partial charge < -0.3 is 9.84 Å². The van der Waals surface area contributed by atoms with Gasteiger partial charge in [-0.05, 0) is 5.56 Å². The number of benzene rings is 1. The van der Waals surface area contributed by atoms with Gasteiger partial charge in [-0.3, -0.25) is 4.79 Å². The maximum Gasteiger partial charge on any atom is 0.345 e. The number of hydrogen-bond donors (Lipinski definition) is 1. The Hall–Kier alpha value is -1.84. The van der Waals surface area contributed by atoms with E-state index in [1.807, 2.05) is 30.3 Å². The van der Waals surface area contributed by atoms with Crippen LogP contribution in [0, 0.1) is 0 Å². The number of carbonyl (C=O) groups excluding carboxylic acids is 1. The average Bonchev–Trinajstić information content (AvgIpc) is 2.25. The highest BCUT2D eigenvalue weighted by molar-refractivity contribution is 5.78. The summed E-state index contributed by atoms with van der Waals surface area (Å²) in [7, 11) is 0. The van der Waals surface area contributed by atoms with E-state index >= 15 is 0 Å². The van der Waals surface area contributed by atoms with Gasteiger partial charge in [0.2, 0.25) is 6.10 Å². The van der Waals surface area contributed by atoms with Crippen LogP contribution in [-0.4, -0.2) is 23.1 Å². The van der Waals surface area contributed by atoms with Crippen LogP contribution in [-0.2, 0) is 14.3 Å². The smallest absolute Gasteiger partial charge is 0.345 e. The molecule has 16 heavy (non-hydrogen) atoms. The van der Waals surface area contributed by atoms with E-state index in [9.17, 15) is 9.59 Å². The summed E-state index contributed by atoms with van der Waals surface area (Å²) < 4.78 is 4.79. The molecule has 0 saturated carbocycles. The molecule has 0 bridgehead atoms. The molecule has 0 fully saturated rings. The van der Waals surface area contributed by atoms with Crippen LogP contribution in [0.15, 0.2) is 30.3 Å². The first-order valence-corrected chi connectivity index (χ1v) is 4.97. The molecule has 0 unspecified atom stereocenters. The maximum atomic E-state index is 11.0. The highest BCUT2D eigenvalue weighted by Crippen LogP contribution is 2.21. The zero-order chi connectivity index (χ0) is 12.1. The van der Waals surface area contributed by atoms with Crippen molar-refractivity contribution in [2.45, 2.75) is 25.9 Å². The van der Waals surface area contributed by atoms with Gasteiger partial charge in [-0.1, -0.05) is 37.3 Å². The molecule has 0 radical (unpaired) electrons. The fourth-order valence-corrected chi connectivity index (χ4v) is 1.48. The maximum absolute atomic E-state index is 11.0. The summed E-state index contributed by atoms with van der Waals surface area (Å²) in [5.41, 5.74) is 0.830. The van der Waals surface area contributed by atoms with Crippen LogP contribution in [0.25, 0.3) is 0 Å². The summed E-state index contributed by atoms with van der Waals surface area (Å²) in [4.78, 5) is 21.8. The number of carbonyl (C=O) groups is 2. The lowest BCUT2D eigenvalue weighted by molar-refractivity contribution is -0.163. The molecule has 0 spiro atoms. The Bertz CT molecular complexity index is 372. The Labute approximate surface area is 93.9 Å². The third-order valence-corrected chi connectivity index (χ3v) is 2.32. The number of esters is 1. The van der Waals surface area contributed by atoms with E-state index in [4.69, 9.17) is 9.84 Å². The summed E-state index contributed by atoms with van der Waals surface area (Å²) in [6.07, 6.45) is -1.14. The standard InChI is InChI=1S/C12H14O4/c1-8(10-6-4-3-5-7-10)11(12(14)15)16-9(2)13/h3-8,11H,1-2H3,(H,14,15)/t8-,11+/m0/s1. The highest BCUT2D eigenvalue weighted by atomic mass is 16.6. The van der Waals surface area contributed by atoms with Gasteiger partial charge in [0.15, 0.2) is 0 Å². The molecule has 1 aromatic rings. The van der Waals surface area contributed by atoms with Crippen LogP contribution in [0.3, 0.4) is 0 Å². The number of hydrogen-bond acceptors (Lipinski definition) is 3. The Morgan fingerprint density at radius 2 is 1.81 bits per heavy atom. The van der Waals surface area contributed by atoms with Gasteiger partial charge in [-0.25, -0.2) is 4.79 Å². The lowest BCUT2D eigenvalue weighted by Crippen LogP contribution is -2.31. The number of rotatable bonds is 4. The normalized spacial score (nSPS) is 13.9. The Morgan fingerprint density at radius 3 is 2.25 bits per heavy atom. The fraction of sp³-hybridized carbons (Fsp3) is 0.333. The zero-order valence-electron chi connectivity index (χ0n) is 9.21. The minimum atomic E-state index is -1.14. The summed E-state index contributed by atoms with van der Waals surface area (Å²) >= 11 is 0. The third-order valence-electron chi connectivity index (χ3n) is 2.32. The van der Waals surface area contributed by atoms with Crippen LogP contribution in [0.2, 0.25) is 0 Å². The first-order chi connectivity index (χ1) is 7.52. The SMILES string of the molecule is CC(=O)O[C@@H](C(=O)O)[C@@H](C)c1ccccc1. The van der Waals surface area contributed by atoms with Crippen molar-refractivity contribution in [3.63, 3.8) is 0 Å². The number of carboxylic acids is 1. The predicted octanol–water partition coefficient (Wildman–Crippen LogP) is 1.81. The van der Waals surface area contributed by atoms with Crippen LogP contribution in [0.1, 0.15) is 25.3 Å². The molecule has 0 aliphatic rings. The van der Waals surface area contributed by atoms with Crippen LogP contribution in [0.4, 0.5) is 0 Å². The first-order valence-electron chi connectivity index (χ1n) is 4.97. The fourth-order valence-electron chi connectivity index (χ4n) is 1.48. The lowest BCUT2D eigenvalue weighted by Gasteiger charge is -2.19. The second-order valence-corrected chi connectivity index (χ2v) is 3.57. The van der Waals surface area contributed by atoms with Gasteiger partial charge in [0.05, 0.1) is 0 Å². The summed E-state index contributed by atoms with van der Waals surface area (Å²) in [5.74, 6) is -2.09. The van der Waals surface area contributed by atoms with E-state index < -0.39 is 18.0 Å². The zero-order valence-corrected chi connectivity index (χ0v) is 9.21. The molecular weight excluding hydrogens is 208 g/mol. The number of aliphatic carboxylic acids is 1. The van der Waals surface area contributed by atoms with Gasteiger partial charge in [-0.2, -0.15) is 0 Å². The molecule has 86 valence electrons. The molecule has 0 saturated heterocycles. The van der Waals surface area contributed by atoms with E-state index in [-0.39, 0.29) is 5.92 Å². The number of carboxylic acid groups (broad SMARTS) is 1. The highest BCUT2D eigenvalue weighted by Gasteiger charge is 2.28. The summed E-state index contributed by atoms with van der Waals surface area (Å²) in [5, 5.41) is 8.98. The molecule has 2 atom stereocenters. The minimum Gasteiger partial charge on any atom is -0.478 e. The van der Waals surface area contributed by atoms with Gasteiger partial charge in [0, 0.05) is 12.8 Å². The van der Waals surface area contributed by atoms with Crippen molar-refractivity contribution in [1.82, 2.24) is 0 Å². The molecule has 1 aromatic carbocycles. The monoisotopic (exact) mass is 222 g/mol. The molecule has 0 aliphatic heterocycles. The van der Waals surface area contributed by atoms with Gasteiger partial charge in [0.1, 0.15) is 0 Å². The summed E-state index contributed by atoms with van der Waals surface area (Å²) in [6, 6.07) is 9.10. The van der Waals surface area contributed by atoms with Crippen LogP contribution < -0.4 is 0 Å². The molecule has 0 aromatic heterocycles. The minimum absolute atomic E-state index is 0.373. The Kier molecular flexibility index (Phi) is 4.05. The second-order valence-electron chi connectivity index (χ2n) is 3.57. The largest absolute Gasteiger partial charge is 0.478 e. The van der Waals surface area contributed by atoms with Crippen LogP contribution in [0.5, 0.6) is 0 Å². The van der Waals surface area contributed by atoms with Crippen molar-refractivity contribution in [1.29, 1.82) is 0 Å². The van der Waals surface area contributed by atoms with E-state index in [1.165, 1.54) is 6.92 Å². The van der Waals surface area contributed by atoms with Crippen molar-refractivity contribution in [3.8, 4) is 0 Å². The van der Waals surface area contributed by atoms with Crippen molar-refractivity contribution in [3.05, 3.63) is 35.9 Å². The molecule has 4 nitrogen and oxygen atoms in total. The van der Waals surface area contributed by atoms with E-state index in [0.717, 1.165) is 5.56 Å². The molecule has 4 heteroatoms. The van der Waals surface area contributed by atoms with Gasteiger partial charge in [-0.15, -0.1) is 0 Å². The van der Waals surface area contributed by atoms with Crippen molar-refractivity contribution < 1.29 is 19.4 Å². The quantitative estimate of drug-likeness (QED) is 0.789. The van der Waals surface area contributed by atoms with E-state index in [2.05, 4.69) is 0 Å². The second kappa shape index (κ2) is 5.30. The molecule has 0 heterocycles. The van der Waals surface area contributed by atoms with Gasteiger partial charge in [0.25, 0.3) is 0 Å². The Morgan fingerprint density at radius 1 is 1.25 bits per heavy atom. The van der Waals surface area contributed by atoms with Crippen LogP contribution >= 0.6 is 0 Å². The van der Waals surface area contributed by atoms with Crippen molar-refractivity contribution in [2.75, 3.05) is 0 Å². The third kappa shape index (κ3) is 3.08. The van der Waals surface area contributed by atoms with Crippen molar-refractivity contribution >= 4 is 11.9 Å². The molecule has 1 rings (SSSR count). The Balaban J connectivity index is 2.87. The van der Waals surface area contributed by atoms with Gasteiger partial charge >= 0.3 is 11.9 Å². The molecule has 0 aliphatic carbocycles. The predicted molar refractivity (Wildman–Crippen MR) is 58.0 cm³/mol. The summed E-state index contributed by atoms with van der Waals surface area (Å²) in [6.45, 7) is 2.92.